The molecule has 0 saturated heterocycles. The summed E-state index contributed by atoms with van der Waals surface area (Å²) >= 11 is 0. The van der Waals surface area contributed by atoms with Crippen molar-refractivity contribution in [1.82, 2.24) is 0 Å². The second kappa shape index (κ2) is 12.3. The molecule has 0 spiro atoms. The molecular formula is C20H20F6NO9+. The zero-order valence-electron chi connectivity index (χ0n) is 18.5. The van der Waals surface area contributed by atoms with E-state index in [0.717, 1.165) is 12.1 Å². The normalized spacial score (nSPS) is 15.1. The summed E-state index contributed by atoms with van der Waals surface area (Å²) in [6.45, 7) is 0.250. The highest BCUT2D eigenvalue weighted by molar-refractivity contribution is 5.96. The number of esters is 1. The van der Waals surface area contributed by atoms with Crippen molar-refractivity contribution in [2.24, 2.45) is 0 Å². The van der Waals surface area contributed by atoms with Crippen LogP contribution in [0.5, 0.6) is 11.5 Å². The molecule has 0 saturated carbocycles. The van der Waals surface area contributed by atoms with Gasteiger partial charge in [-0.2, -0.15) is 13.2 Å². The molecule has 1 atom stereocenters. The molecule has 200 valence electrons. The van der Waals surface area contributed by atoms with E-state index in [2.05, 4.69) is 23.8 Å². The number of halogens is 6. The number of ether oxygens (including phenoxy) is 5. The number of aryl methyl sites for hydroxylation is 1. The Morgan fingerprint density at radius 1 is 1.03 bits per heavy atom. The highest BCUT2D eigenvalue weighted by Gasteiger charge is 2.49. The van der Waals surface area contributed by atoms with E-state index in [1.54, 1.807) is 0 Å². The molecule has 1 N–H and O–H groups in total. The number of carbonyl (C=O) groups is 2. The molecular weight excluding hydrogens is 512 g/mol. The summed E-state index contributed by atoms with van der Waals surface area (Å²) in [6, 6.07) is 1.64. The third-order valence-electron chi connectivity index (χ3n) is 4.43. The predicted octanol–water partition coefficient (Wildman–Crippen LogP) is 3.07. The van der Waals surface area contributed by atoms with Crippen LogP contribution in [0.1, 0.15) is 30.9 Å². The van der Waals surface area contributed by atoms with Gasteiger partial charge in [0.25, 0.3) is 0 Å². The Kier molecular flexibility index (Phi) is 9.75. The van der Waals surface area contributed by atoms with Crippen LogP contribution in [0.15, 0.2) is 17.7 Å². The highest BCUT2D eigenvalue weighted by Crippen LogP contribution is 2.42. The van der Waals surface area contributed by atoms with Crippen molar-refractivity contribution >= 4 is 18.2 Å². The maximum Gasteiger partial charge on any atom is 0.573 e. The van der Waals surface area contributed by atoms with Gasteiger partial charge in [0.1, 0.15) is 11.5 Å². The van der Waals surface area contributed by atoms with E-state index in [0.29, 0.717) is 12.5 Å². The lowest BCUT2D eigenvalue weighted by Gasteiger charge is -2.29. The van der Waals surface area contributed by atoms with E-state index in [4.69, 9.17) is 4.74 Å². The minimum atomic E-state index is -5.10. The largest absolute Gasteiger partial charge is 0.573 e. The van der Waals surface area contributed by atoms with Crippen LogP contribution < -0.4 is 14.8 Å². The summed E-state index contributed by atoms with van der Waals surface area (Å²) in [6.07, 6.45) is -13.0. The lowest BCUT2D eigenvalue weighted by molar-refractivity contribution is -0.770. The van der Waals surface area contributed by atoms with Gasteiger partial charge in [-0.15, -0.1) is 13.2 Å². The standard InChI is InChI=1S/C20H20F6NO9/c1-2-11-7-13(36-20(24,25)26)8-12-9-14(16(19(21,22)23)35-15(11)12)17(28)32-10-33-18(29)31-5-3-4-6-34-27-30/h7-9,16,27H,2-6,10H2,1H3/q+1/t16-/m0/s1. The minimum Gasteiger partial charge on any atom is -0.475 e. The van der Waals surface area contributed by atoms with Crippen molar-refractivity contribution in [2.75, 3.05) is 20.0 Å². The summed E-state index contributed by atoms with van der Waals surface area (Å²) < 4.78 is 101. The molecule has 1 aliphatic heterocycles. The molecule has 0 aliphatic carbocycles. The fraction of sp³-hybridized carbons (Fsp3) is 0.500. The zero-order valence-corrected chi connectivity index (χ0v) is 18.5. The van der Waals surface area contributed by atoms with Gasteiger partial charge in [0.05, 0.1) is 17.1 Å². The van der Waals surface area contributed by atoms with Gasteiger partial charge in [0.15, 0.2) is 6.61 Å². The minimum absolute atomic E-state index is 0.00586. The summed E-state index contributed by atoms with van der Waals surface area (Å²) in [7, 11) is 0. The van der Waals surface area contributed by atoms with Gasteiger partial charge in [-0.1, -0.05) is 6.92 Å². The second-order valence-electron chi connectivity index (χ2n) is 6.97. The van der Waals surface area contributed by atoms with Gasteiger partial charge >= 0.3 is 24.7 Å². The topological polar surface area (TPSA) is 121 Å². The summed E-state index contributed by atoms with van der Waals surface area (Å²) in [5, 5.41) is 1.20. The van der Waals surface area contributed by atoms with Crippen molar-refractivity contribution in [3.05, 3.63) is 33.7 Å². The number of rotatable bonds is 11. The zero-order chi connectivity index (χ0) is 26.9. The number of hydrogen-bond acceptors (Lipinski definition) is 9. The van der Waals surface area contributed by atoms with Gasteiger partial charge in [0, 0.05) is 5.56 Å². The molecule has 1 aliphatic rings. The van der Waals surface area contributed by atoms with E-state index < -0.39 is 48.9 Å². The number of benzene rings is 1. The molecule has 36 heavy (non-hydrogen) atoms. The van der Waals surface area contributed by atoms with Crippen LogP contribution in [0, 0.1) is 4.91 Å². The first-order chi connectivity index (χ1) is 16.9. The third-order valence-corrected chi connectivity index (χ3v) is 4.43. The van der Waals surface area contributed by atoms with Crippen LogP contribution in [0.2, 0.25) is 0 Å². The Morgan fingerprint density at radius 3 is 2.33 bits per heavy atom. The number of fused-ring (bicyclic) bond motifs is 1. The summed E-state index contributed by atoms with van der Waals surface area (Å²) in [4.78, 5) is 37.9. The number of hydrogen-bond donors (Lipinski definition) is 1. The molecule has 0 bridgehead atoms. The van der Waals surface area contributed by atoms with E-state index in [9.17, 15) is 40.8 Å². The van der Waals surface area contributed by atoms with Gasteiger partial charge in [-0.25, -0.2) is 14.4 Å². The van der Waals surface area contributed by atoms with E-state index in [-0.39, 0.29) is 42.9 Å². The number of alkyl halides is 6. The summed E-state index contributed by atoms with van der Waals surface area (Å²) in [5.74, 6) is -2.70. The van der Waals surface area contributed by atoms with Crippen molar-refractivity contribution in [1.29, 1.82) is 0 Å². The van der Waals surface area contributed by atoms with Crippen LogP contribution in [0.3, 0.4) is 0 Å². The fourth-order valence-electron chi connectivity index (χ4n) is 2.95. The average Bonchev–Trinajstić information content (AvgIpc) is 2.78. The van der Waals surface area contributed by atoms with E-state index >= 15 is 0 Å². The molecule has 0 fully saturated rings. The quantitative estimate of drug-likeness (QED) is 0.151. The van der Waals surface area contributed by atoms with Crippen LogP contribution in [0.4, 0.5) is 31.1 Å². The maximum atomic E-state index is 13.6. The van der Waals surface area contributed by atoms with Crippen molar-refractivity contribution < 1.29 is 69.8 Å². The first-order valence-electron chi connectivity index (χ1n) is 10.2. The number of carbonyl (C=O) groups excluding carboxylic acids is 2. The Hall–Kier alpha value is -3.72. The summed E-state index contributed by atoms with van der Waals surface area (Å²) in [5.41, 5.74) is -1.39. The molecule has 0 radical (unpaired) electrons. The fourth-order valence-corrected chi connectivity index (χ4v) is 2.95. The van der Waals surface area contributed by atoms with Gasteiger partial charge in [-0.05, 0) is 43.0 Å². The first-order valence-corrected chi connectivity index (χ1v) is 10.2. The molecule has 1 heterocycles. The van der Waals surface area contributed by atoms with Gasteiger partial charge in [0.2, 0.25) is 18.2 Å². The van der Waals surface area contributed by atoms with Crippen LogP contribution >= 0.6 is 0 Å². The monoisotopic (exact) mass is 532 g/mol. The van der Waals surface area contributed by atoms with Crippen LogP contribution in [-0.4, -0.2) is 50.8 Å². The smallest absolute Gasteiger partial charge is 0.475 e. The lowest BCUT2D eigenvalue weighted by Crippen LogP contribution is -2.62. The molecule has 0 unspecified atom stereocenters. The average molecular weight is 532 g/mol. The molecule has 0 amide bonds. The third kappa shape index (κ3) is 8.49. The first kappa shape index (κ1) is 28.5. The van der Waals surface area contributed by atoms with Crippen LogP contribution in [0.25, 0.3) is 6.08 Å². The molecule has 0 aromatic heterocycles. The Balaban J connectivity index is 2.11. The van der Waals surface area contributed by atoms with E-state index in [1.165, 1.54) is 12.3 Å². The number of unbranched alkanes of at least 4 members (excludes halogenated alkanes) is 1. The Bertz CT molecular complexity index is 978. The van der Waals surface area contributed by atoms with E-state index in [1.807, 2.05) is 0 Å². The predicted molar refractivity (Wildman–Crippen MR) is 104 cm³/mol. The number of nitrogens with one attached hydrogen (secondary N) is 1. The van der Waals surface area contributed by atoms with Crippen molar-refractivity contribution in [3.63, 3.8) is 0 Å². The Morgan fingerprint density at radius 2 is 1.72 bits per heavy atom. The second-order valence-corrected chi connectivity index (χ2v) is 6.97. The van der Waals surface area contributed by atoms with Gasteiger partial charge in [-0.3, -0.25) is 0 Å². The van der Waals surface area contributed by atoms with Crippen molar-refractivity contribution in [3.8, 4) is 11.5 Å². The van der Waals surface area contributed by atoms with Crippen molar-refractivity contribution in [2.45, 2.75) is 44.8 Å². The molecule has 16 heteroatoms. The molecule has 2 rings (SSSR count). The SMILES string of the molecule is CCc1cc(OC(F)(F)F)cc2c1O[C@H](C(F)(F)F)C(C(=O)OCOC(=O)OCCCCO[NH+]=O)=C2. The van der Waals surface area contributed by atoms with Gasteiger partial charge < -0.3 is 23.7 Å². The maximum absolute atomic E-state index is 13.6. The Labute approximate surface area is 198 Å². The molecule has 1 aromatic carbocycles. The van der Waals surface area contributed by atoms with Crippen LogP contribution in [-0.2, 0) is 30.3 Å². The lowest BCUT2D eigenvalue weighted by atomic mass is 9.97. The molecule has 10 nitrogen and oxygen atoms in total. The molecule has 1 aromatic rings. The highest BCUT2D eigenvalue weighted by atomic mass is 19.4.